The molecule has 0 aliphatic heterocycles. The van der Waals surface area contributed by atoms with Gasteiger partial charge in [0.25, 0.3) is 0 Å². The van der Waals surface area contributed by atoms with Gasteiger partial charge < -0.3 is 4.74 Å². The minimum absolute atomic E-state index is 0.0204. The molecule has 132 valence electrons. The lowest BCUT2D eigenvalue weighted by Crippen LogP contribution is -2.34. The maximum absolute atomic E-state index is 13.0. The molecule has 0 spiro atoms. The van der Waals surface area contributed by atoms with Gasteiger partial charge in [0.15, 0.2) is 5.78 Å². The van der Waals surface area contributed by atoms with Crippen LogP contribution in [-0.2, 0) is 20.7 Å². The third-order valence-electron chi connectivity index (χ3n) is 5.26. The highest BCUT2D eigenvalue weighted by atomic mass is 16.5. The van der Waals surface area contributed by atoms with E-state index in [1.807, 2.05) is 31.2 Å². The summed E-state index contributed by atoms with van der Waals surface area (Å²) in [6, 6.07) is 8.04. The van der Waals surface area contributed by atoms with Gasteiger partial charge in [0.1, 0.15) is 5.92 Å². The monoisotopic (exact) mass is 330 g/mol. The van der Waals surface area contributed by atoms with Crippen LogP contribution in [0.4, 0.5) is 0 Å². The molecule has 1 aromatic carbocycles. The third kappa shape index (κ3) is 4.93. The molecule has 0 saturated heterocycles. The van der Waals surface area contributed by atoms with Crippen molar-refractivity contribution in [3.8, 4) is 0 Å². The van der Waals surface area contributed by atoms with E-state index in [2.05, 4.69) is 6.92 Å². The van der Waals surface area contributed by atoms with Crippen molar-refractivity contribution < 1.29 is 14.3 Å². The first kappa shape index (κ1) is 18.7. The van der Waals surface area contributed by atoms with E-state index >= 15 is 0 Å². The molecule has 1 saturated carbocycles. The van der Waals surface area contributed by atoms with Crippen molar-refractivity contribution in [2.45, 2.75) is 59.3 Å². The van der Waals surface area contributed by atoms with E-state index in [0.717, 1.165) is 42.7 Å². The lowest BCUT2D eigenvalue weighted by molar-refractivity contribution is -0.153. The van der Waals surface area contributed by atoms with Crippen LogP contribution >= 0.6 is 0 Å². The van der Waals surface area contributed by atoms with Crippen LogP contribution in [0.5, 0.6) is 0 Å². The van der Waals surface area contributed by atoms with Crippen molar-refractivity contribution in [3.63, 3.8) is 0 Å². The number of benzene rings is 1. The third-order valence-corrected chi connectivity index (χ3v) is 5.26. The summed E-state index contributed by atoms with van der Waals surface area (Å²) in [6.07, 6.45) is 5.68. The summed E-state index contributed by atoms with van der Waals surface area (Å²) in [5.41, 5.74) is 2.18. The zero-order chi connectivity index (χ0) is 17.5. The number of hydrogen-bond acceptors (Lipinski definition) is 3. The Morgan fingerprint density at radius 3 is 2.46 bits per heavy atom. The van der Waals surface area contributed by atoms with Gasteiger partial charge in [-0.1, -0.05) is 43.2 Å². The summed E-state index contributed by atoms with van der Waals surface area (Å²) < 4.78 is 5.20. The van der Waals surface area contributed by atoms with Crippen molar-refractivity contribution in [1.82, 2.24) is 0 Å². The van der Waals surface area contributed by atoms with Crippen LogP contribution in [0, 0.1) is 24.7 Å². The van der Waals surface area contributed by atoms with Crippen LogP contribution in [0.3, 0.4) is 0 Å². The first-order valence-electron chi connectivity index (χ1n) is 9.31. The standard InChI is InChI=1S/C21H30O3/c1-4-16-9-11-18(12-10-16)20(22)19(21(23)24-5-2)14-17-8-6-7-15(3)13-17/h6-8,13,16,18-19H,4-5,9-12,14H2,1-3H3. The normalized spacial score (nSPS) is 22.0. The maximum Gasteiger partial charge on any atom is 0.316 e. The number of esters is 1. The largest absolute Gasteiger partial charge is 0.465 e. The molecule has 1 aromatic rings. The second-order valence-corrected chi connectivity index (χ2v) is 7.03. The minimum Gasteiger partial charge on any atom is -0.465 e. The number of hydrogen-bond donors (Lipinski definition) is 0. The summed E-state index contributed by atoms with van der Waals surface area (Å²) in [6.45, 7) is 6.35. The molecule has 0 heterocycles. The van der Waals surface area contributed by atoms with Gasteiger partial charge in [0.2, 0.25) is 0 Å². The van der Waals surface area contributed by atoms with E-state index in [4.69, 9.17) is 4.74 Å². The fourth-order valence-corrected chi connectivity index (χ4v) is 3.76. The van der Waals surface area contributed by atoms with Gasteiger partial charge in [-0.3, -0.25) is 9.59 Å². The van der Waals surface area contributed by atoms with Crippen molar-refractivity contribution in [1.29, 1.82) is 0 Å². The van der Waals surface area contributed by atoms with Crippen LogP contribution in [-0.4, -0.2) is 18.4 Å². The lowest BCUT2D eigenvalue weighted by atomic mass is 9.75. The van der Waals surface area contributed by atoms with Crippen LogP contribution in [0.1, 0.15) is 57.1 Å². The fourth-order valence-electron chi connectivity index (χ4n) is 3.76. The first-order chi connectivity index (χ1) is 11.5. The zero-order valence-corrected chi connectivity index (χ0v) is 15.2. The van der Waals surface area contributed by atoms with Gasteiger partial charge in [-0.15, -0.1) is 0 Å². The molecular weight excluding hydrogens is 300 g/mol. The first-order valence-corrected chi connectivity index (χ1v) is 9.31. The number of rotatable bonds is 7. The molecule has 0 N–H and O–H groups in total. The fraction of sp³-hybridized carbons (Fsp3) is 0.619. The van der Waals surface area contributed by atoms with E-state index in [9.17, 15) is 9.59 Å². The van der Waals surface area contributed by atoms with Gasteiger partial charge in [0.05, 0.1) is 6.61 Å². The van der Waals surface area contributed by atoms with Crippen LogP contribution < -0.4 is 0 Å². The Morgan fingerprint density at radius 1 is 1.17 bits per heavy atom. The molecule has 1 aliphatic carbocycles. The Hall–Kier alpha value is -1.64. The van der Waals surface area contributed by atoms with Gasteiger partial charge in [-0.05, 0) is 57.4 Å². The molecule has 0 aromatic heterocycles. The zero-order valence-electron chi connectivity index (χ0n) is 15.2. The molecule has 0 radical (unpaired) electrons. The van der Waals surface area contributed by atoms with Crippen molar-refractivity contribution >= 4 is 11.8 Å². The Bertz CT molecular complexity index is 556. The summed E-state index contributed by atoms with van der Waals surface area (Å²) in [4.78, 5) is 25.4. The molecule has 2 rings (SSSR count). The van der Waals surface area contributed by atoms with E-state index in [-0.39, 0.29) is 17.7 Å². The number of carbonyl (C=O) groups excluding carboxylic acids is 2. The average Bonchev–Trinajstić information content (AvgIpc) is 2.59. The Kier molecular flexibility index (Phi) is 7.01. The Labute approximate surface area is 145 Å². The summed E-state index contributed by atoms with van der Waals surface area (Å²) in [5, 5.41) is 0. The molecule has 1 unspecified atom stereocenters. The van der Waals surface area contributed by atoms with Crippen molar-refractivity contribution in [3.05, 3.63) is 35.4 Å². The molecule has 1 fully saturated rings. The molecule has 0 amide bonds. The molecule has 1 aliphatic rings. The van der Waals surface area contributed by atoms with E-state index in [1.54, 1.807) is 6.92 Å². The number of Topliss-reactive ketones (excluding diaryl/α,β-unsaturated/α-hetero) is 1. The quantitative estimate of drug-likeness (QED) is 0.546. The van der Waals surface area contributed by atoms with Gasteiger partial charge in [-0.25, -0.2) is 0 Å². The number of carbonyl (C=O) groups is 2. The summed E-state index contributed by atoms with van der Waals surface area (Å²) in [5.74, 6) is -0.167. The Morgan fingerprint density at radius 2 is 1.88 bits per heavy atom. The number of ketones is 1. The predicted octanol–water partition coefficient (Wildman–Crippen LogP) is 4.50. The Balaban J connectivity index is 2.10. The summed E-state index contributed by atoms with van der Waals surface area (Å²) in [7, 11) is 0. The molecular formula is C21H30O3. The van der Waals surface area contributed by atoms with E-state index in [1.165, 1.54) is 6.42 Å². The number of ether oxygens (including phenoxy) is 1. The second kappa shape index (κ2) is 9.00. The SMILES string of the molecule is CCOC(=O)C(Cc1cccc(C)c1)C(=O)C1CCC(CC)CC1. The van der Waals surface area contributed by atoms with Gasteiger partial charge >= 0.3 is 5.97 Å². The predicted molar refractivity (Wildman–Crippen MR) is 95.8 cm³/mol. The summed E-state index contributed by atoms with van der Waals surface area (Å²) >= 11 is 0. The minimum atomic E-state index is -0.657. The van der Waals surface area contributed by atoms with E-state index in [0.29, 0.717) is 13.0 Å². The van der Waals surface area contributed by atoms with Gasteiger partial charge in [-0.2, -0.15) is 0 Å². The highest BCUT2D eigenvalue weighted by Gasteiger charge is 2.35. The smallest absolute Gasteiger partial charge is 0.316 e. The molecule has 1 atom stereocenters. The van der Waals surface area contributed by atoms with Crippen LogP contribution in [0.25, 0.3) is 0 Å². The maximum atomic E-state index is 13.0. The topological polar surface area (TPSA) is 43.4 Å². The molecule has 0 bridgehead atoms. The van der Waals surface area contributed by atoms with Crippen molar-refractivity contribution in [2.75, 3.05) is 6.61 Å². The lowest BCUT2D eigenvalue weighted by Gasteiger charge is -2.29. The molecule has 24 heavy (non-hydrogen) atoms. The van der Waals surface area contributed by atoms with E-state index < -0.39 is 5.92 Å². The van der Waals surface area contributed by atoms with Gasteiger partial charge in [0, 0.05) is 5.92 Å². The second-order valence-electron chi connectivity index (χ2n) is 7.03. The van der Waals surface area contributed by atoms with Crippen LogP contribution in [0.15, 0.2) is 24.3 Å². The average molecular weight is 330 g/mol. The van der Waals surface area contributed by atoms with Crippen molar-refractivity contribution in [2.24, 2.45) is 17.8 Å². The molecule has 3 heteroatoms. The van der Waals surface area contributed by atoms with Crippen LogP contribution in [0.2, 0.25) is 0 Å². The highest BCUT2D eigenvalue weighted by Crippen LogP contribution is 2.33. The highest BCUT2D eigenvalue weighted by molar-refractivity contribution is 6.00. The molecule has 3 nitrogen and oxygen atoms in total. The number of aryl methyl sites for hydroxylation is 1.